The molecule has 0 aromatic heterocycles. The highest BCUT2D eigenvalue weighted by molar-refractivity contribution is 7.87. The van der Waals surface area contributed by atoms with E-state index in [1.165, 1.54) is 60.7 Å². The van der Waals surface area contributed by atoms with Crippen molar-refractivity contribution in [3.05, 3.63) is 118 Å². The molecule has 8 nitrogen and oxygen atoms in total. The fraction of sp³-hybridized carbons (Fsp3) is 0.0714. The van der Waals surface area contributed by atoms with Gasteiger partial charge in [0.25, 0.3) is 0 Å². The predicted octanol–water partition coefficient (Wildman–Crippen LogP) is 4.61. The molecule has 1 aliphatic carbocycles. The first kappa shape index (κ1) is 25.4. The van der Waals surface area contributed by atoms with Gasteiger partial charge in [0.1, 0.15) is 9.79 Å². The molecule has 0 bridgehead atoms. The van der Waals surface area contributed by atoms with Crippen LogP contribution in [0.3, 0.4) is 0 Å². The van der Waals surface area contributed by atoms with Crippen LogP contribution in [0.2, 0.25) is 0 Å². The number of carbonyl (C=O) groups excluding carboxylic acids is 2. The Labute approximate surface area is 219 Å². The molecule has 0 fully saturated rings. The second-order valence-electron chi connectivity index (χ2n) is 8.72. The standard InChI is InChI=1S/C28H20O8S2/c1-17-9-13-19(14-10-17)37(31,32)35-23-7-3-5-21-25(23)27(29)22-6-4-8-24(26(22)28(21)30)36-38(33,34)20-15-11-18(2)12-16-20/h3-16H,1-2H3. The molecule has 0 saturated heterocycles. The minimum Gasteiger partial charge on any atom is -0.378 e. The van der Waals surface area contributed by atoms with Crippen LogP contribution in [0.25, 0.3) is 0 Å². The smallest absolute Gasteiger partial charge is 0.339 e. The fourth-order valence-electron chi connectivity index (χ4n) is 4.06. The lowest BCUT2D eigenvalue weighted by Gasteiger charge is -2.21. The molecule has 0 aliphatic heterocycles. The van der Waals surface area contributed by atoms with E-state index in [9.17, 15) is 26.4 Å². The zero-order chi connectivity index (χ0) is 27.2. The van der Waals surface area contributed by atoms with Gasteiger partial charge >= 0.3 is 20.2 Å². The first-order valence-electron chi connectivity index (χ1n) is 11.4. The molecular weight excluding hydrogens is 528 g/mol. The van der Waals surface area contributed by atoms with Gasteiger partial charge in [-0.1, -0.05) is 59.7 Å². The van der Waals surface area contributed by atoms with Gasteiger partial charge < -0.3 is 8.37 Å². The van der Waals surface area contributed by atoms with E-state index in [2.05, 4.69) is 0 Å². The van der Waals surface area contributed by atoms with Crippen molar-refractivity contribution in [1.82, 2.24) is 0 Å². The van der Waals surface area contributed by atoms with Gasteiger partial charge in [-0.15, -0.1) is 0 Å². The fourth-order valence-corrected chi connectivity index (χ4v) is 5.94. The zero-order valence-electron chi connectivity index (χ0n) is 20.2. The topological polar surface area (TPSA) is 121 Å². The molecule has 0 unspecified atom stereocenters. The maximum Gasteiger partial charge on any atom is 0.339 e. The number of hydrogen-bond donors (Lipinski definition) is 0. The Morgan fingerprint density at radius 3 is 1.18 bits per heavy atom. The predicted molar refractivity (Wildman–Crippen MR) is 138 cm³/mol. The number of benzene rings is 4. The largest absolute Gasteiger partial charge is 0.378 e. The quantitative estimate of drug-likeness (QED) is 0.282. The molecule has 4 aromatic rings. The Balaban J connectivity index is 1.55. The third-order valence-corrected chi connectivity index (χ3v) is 8.51. The Morgan fingerprint density at radius 1 is 0.500 bits per heavy atom. The van der Waals surface area contributed by atoms with Gasteiger partial charge in [0.2, 0.25) is 0 Å². The van der Waals surface area contributed by atoms with E-state index >= 15 is 0 Å². The SMILES string of the molecule is Cc1ccc(S(=O)(=O)Oc2cccc3c2C(=O)c2cccc(OS(=O)(=O)c4ccc(C)cc4)c2C3=O)cc1. The number of hydrogen-bond acceptors (Lipinski definition) is 8. The van der Waals surface area contributed by atoms with E-state index in [1.54, 1.807) is 38.1 Å². The minimum atomic E-state index is -4.32. The molecule has 0 atom stereocenters. The summed E-state index contributed by atoms with van der Waals surface area (Å²) in [6.07, 6.45) is 0. The van der Waals surface area contributed by atoms with Crippen molar-refractivity contribution in [3.8, 4) is 11.5 Å². The van der Waals surface area contributed by atoms with E-state index in [4.69, 9.17) is 8.37 Å². The molecule has 4 aromatic carbocycles. The summed E-state index contributed by atoms with van der Waals surface area (Å²) in [6, 6.07) is 19.9. The third-order valence-electron chi connectivity index (χ3n) is 6.01. The van der Waals surface area contributed by atoms with Crippen molar-refractivity contribution >= 4 is 31.8 Å². The molecule has 0 N–H and O–H groups in total. The van der Waals surface area contributed by atoms with Crippen LogP contribution in [-0.2, 0) is 20.2 Å². The monoisotopic (exact) mass is 548 g/mol. The highest BCUT2D eigenvalue weighted by Gasteiger charge is 2.37. The Morgan fingerprint density at radius 2 is 0.842 bits per heavy atom. The van der Waals surface area contributed by atoms with Crippen LogP contribution in [0, 0.1) is 13.8 Å². The molecule has 0 radical (unpaired) electrons. The Bertz CT molecular complexity index is 1680. The van der Waals surface area contributed by atoms with Crippen molar-refractivity contribution < 1.29 is 34.8 Å². The van der Waals surface area contributed by atoms with Crippen LogP contribution in [0.1, 0.15) is 43.0 Å². The molecular formula is C28H20O8S2. The summed E-state index contributed by atoms with van der Waals surface area (Å²) in [4.78, 5) is 26.8. The summed E-state index contributed by atoms with van der Waals surface area (Å²) in [7, 11) is -8.63. The van der Waals surface area contributed by atoms with E-state index in [0.29, 0.717) is 0 Å². The average molecular weight is 549 g/mol. The van der Waals surface area contributed by atoms with E-state index < -0.39 is 31.8 Å². The number of rotatable bonds is 6. The Kier molecular flexibility index (Phi) is 6.16. The van der Waals surface area contributed by atoms with Crippen molar-refractivity contribution in [2.24, 2.45) is 0 Å². The number of aryl methyl sites for hydroxylation is 2. The lowest BCUT2D eigenvalue weighted by molar-refractivity contribution is 0.0976. The molecule has 0 amide bonds. The molecule has 192 valence electrons. The van der Waals surface area contributed by atoms with E-state index in [1.807, 2.05) is 0 Å². The summed E-state index contributed by atoms with van der Waals surface area (Å²) in [5.41, 5.74) is 0.950. The van der Waals surface area contributed by atoms with Gasteiger partial charge in [-0.25, -0.2) is 0 Å². The van der Waals surface area contributed by atoms with Crippen LogP contribution in [0.15, 0.2) is 94.7 Å². The van der Waals surface area contributed by atoms with Crippen molar-refractivity contribution in [1.29, 1.82) is 0 Å². The second-order valence-corrected chi connectivity index (χ2v) is 11.8. The van der Waals surface area contributed by atoms with Gasteiger partial charge in [-0.05, 0) is 50.2 Å². The number of ketones is 2. The molecule has 38 heavy (non-hydrogen) atoms. The van der Waals surface area contributed by atoms with Gasteiger partial charge in [0, 0.05) is 11.1 Å². The Hall–Kier alpha value is -4.28. The van der Waals surface area contributed by atoms with Gasteiger partial charge in [-0.2, -0.15) is 16.8 Å². The maximum absolute atomic E-state index is 13.5. The summed E-state index contributed by atoms with van der Waals surface area (Å²) >= 11 is 0. The highest BCUT2D eigenvalue weighted by Crippen LogP contribution is 2.38. The first-order chi connectivity index (χ1) is 18.0. The van der Waals surface area contributed by atoms with E-state index in [0.717, 1.165) is 11.1 Å². The lowest BCUT2D eigenvalue weighted by Crippen LogP contribution is -2.24. The molecule has 0 spiro atoms. The lowest BCUT2D eigenvalue weighted by atomic mass is 9.83. The van der Waals surface area contributed by atoms with Gasteiger partial charge in [0.15, 0.2) is 23.1 Å². The molecule has 5 rings (SSSR count). The van der Waals surface area contributed by atoms with E-state index in [-0.39, 0.29) is 43.5 Å². The molecule has 1 aliphatic rings. The number of carbonyl (C=O) groups is 2. The third kappa shape index (κ3) is 4.48. The van der Waals surface area contributed by atoms with Crippen LogP contribution in [-0.4, -0.2) is 28.4 Å². The zero-order valence-corrected chi connectivity index (χ0v) is 21.8. The summed E-state index contributed by atoms with van der Waals surface area (Å²) in [5, 5.41) is 0. The summed E-state index contributed by atoms with van der Waals surface area (Å²) in [6.45, 7) is 3.60. The minimum absolute atomic E-state index is 0.118. The van der Waals surface area contributed by atoms with Crippen molar-refractivity contribution in [3.63, 3.8) is 0 Å². The first-order valence-corrected chi connectivity index (χ1v) is 14.2. The molecule has 0 heterocycles. The summed E-state index contributed by atoms with van der Waals surface area (Å²) in [5.74, 6) is -2.04. The van der Waals surface area contributed by atoms with Gasteiger partial charge in [0.05, 0.1) is 11.1 Å². The normalized spacial score (nSPS) is 13.0. The second kappa shape index (κ2) is 9.23. The summed E-state index contributed by atoms with van der Waals surface area (Å²) < 4.78 is 62.2. The van der Waals surface area contributed by atoms with Crippen LogP contribution in [0.4, 0.5) is 0 Å². The van der Waals surface area contributed by atoms with Crippen LogP contribution < -0.4 is 8.37 Å². The molecule has 10 heteroatoms. The van der Waals surface area contributed by atoms with Crippen LogP contribution in [0.5, 0.6) is 11.5 Å². The maximum atomic E-state index is 13.5. The van der Waals surface area contributed by atoms with Crippen molar-refractivity contribution in [2.75, 3.05) is 0 Å². The highest BCUT2D eigenvalue weighted by atomic mass is 32.2. The number of fused-ring (bicyclic) bond motifs is 2. The van der Waals surface area contributed by atoms with Crippen LogP contribution >= 0.6 is 0 Å². The molecule has 0 saturated carbocycles. The average Bonchev–Trinajstić information content (AvgIpc) is 2.87. The van der Waals surface area contributed by atoms with Gasteiger partial charge in [-0.3, -0.25) is 9.59 Å². The van der Waals surface area contributed by atoms with Crippen molar-refractivity contribution in [2.45, 2.75) is 23.6 Å².